The minimum absolute atomic E-state index is 0.00457. The largest absolute Gasteiger partial charge is 0.444 e. The van der Waals surface area contributed by atoms with E-state index in [1.54, 1.807) is 12.2 Å². The average molecular weight is 451 g/mol. The number of amides is 2. The van der Waals surface area contributed by atoms with Crippen molar-refractivity contribution in [1.29, 1.82) is 0 Å². The maximum absolute atomic E-state index is 11.9. The molecule has 0 atom stereocenters. The van der Waals surface area contributed by atoms with Gasteiger partial charge in [-0.25, -0.2) is 20.0 Å². The van der Waals surface area contributed by atoms with Crippen LogP contribution in [0.2, 0.25) is 0 Å². The molecule has 0 aromatic rings. The van der Waals surface area contributed by atoms with Crippen molar-refractivity contribution in [2.45, 2.75) is 20.9 Å². The summed E-state index contributed by atoms with van der Waals surface area (Å²) in [6.45, 7) is 0.876. The number of hydrogen-bond acceptors (Lipinski definition) is 4. The number of carbonyl (C=O) groups is 2. The standard InChI is InChI=1S/C11H14Cl6N2O4/c1-2-3-4-5-19(9(21)23-7-11(15,16)17)18-8(20)22-6-10(12,13)14/h3-4H,2,5-7H2,1H3,(H,18,20)/b4-3+. The molecule has 0 saturated carbocycles. The molecule has 0 fully saturated rings. The molecule has 12 heteroatoms. The Morgan fingerprint density at radius 2 is 1.52 bits per heavy atom. The van der Waals surface area contributed by atoms with E-state index in [-0.39, 0.29) is 6.54 Å². The summed E-state index contributed by atoms with van der Waals surface area (Å²) in [5.74, 6) is 0. The highest BCUT2D eigenvalue weighted by molar-refractivity contribution is 6.68. The van der Waals surface area contributed by atoms with Crippen molar-refractivity contribution in [3.8, 4) is 0 Å². The normalized spacial score (nSPS) is 12.1. The van der Waals surface area contributed by atoms with Crippen LogP contribution in [-0.4, -0.2) is 44.5 Å². The zero-order valence-corrected chi connectivity index (χ0v) is 16.4. The third kappa shape index (κ3) is 14.1. The molecule has 6 nitrogen and oxygen atoms in total. The van der Waals surface area contributed by atoms with E-state index in [1.165, 1.54) is 0 Å². The molecular weight excluding hydrogens is 437 g/mol. The SMILES string of the molecule is CC/C=C/CN(NC(=O)OCC(Cl)(Cl)Cl)C(=O)OCC(Cl)(Cl)Cl. The van der Waals surface area contributed by atoms with Crippen LogP contribution in [0.3, 0.4) is 0 Å². The minimum atomic E-state index is -1.78. The summed E-state index contributed by atoms with van der Waals surface area (Å²) in [5.41, 5.74) is 2.13. The van der Waals surface area contributed by atoms with Gasteiger partial charge in [0.1, 0.15) is 13.2 Å². The monoisotopic (exact) mass is 448 g/mol. The summed E-state index contributed by atoms with van der Waals surface area (Å²) < 4.78 is 5.84. The summed E-state index contributed by atoms with van der Waals surface area (Å²) in [6.07, 6.45) is 2.14. The number of alkyl halides is 6. The fourth-order valence-electron chi connectivity index (χ4n) is 1.02. The topological polar surface area (TPSA) is 67.9 Å². The highest BCUT2D eigenvalue weighted by Crippen LogP contribution is 2.26. The van der Waals surface area contributed by atoms with Gasteiger partial charge in [-0.15, -0.1) is 0 Å². The smallest absolute Gasteiger partial charge is 0.429 e. The fraction of sp³-hybridized carbons (Fsp3) is 0.636. The zero-order valence-electron chi connectivity index (χ0n) is 11.8. The Bertz CT molecular complexity index is 422. The number of hydrogen-bond donors (Lipinski definition) is 1. The lowest BCUT2D eigenvalue weighted by atomic mass is 10.4. The Morgan fingerprint density at radius 3 is 2.00 bits per heavy atom. The maximum atomic E-state index is 11.9. The molecule has 23 heavy (non-hydrogen) atoms. The molecular formula is C11H14Cl6N2O4. The Labute approximate surface area is 163 Å². The van der Waals surface area contributed by atoms with Gasteiger partial charge in [0.05, 0.1) is 6.54 Å². The van der Waals surface area contributed by atoms with Gasteiger partial charge in [0.2, 0.25) is 7.59 Å². The van der Waals surface area contributed by atoms with Gasteiger partial charge in [-0.3, -0.25) is 0 Å². The summed E-state index contributed by atoms with van der Waals surface area (Å²) in [5, 5.41) is 0.809. The van der Waals surface area contributed by atoms with Crippen molar-refractivity contribution in [1.82, 2.24) is 10.4 Å². The highest BCUT2D eigenvalue weighted by Gasteiger charge is 2.26. The number of nitrogens with zero attached hydrogens (tertiary/aromatic N) is 1. The van der Waals surface area contributed by atoms with Crippen LogP contribution in [0.4, 0.5) is 9.59 Å². The van der Waals surface area contributed by atoms with Gasteiger partial charge in [0.25, 0.3) is 0 Å². The van der Waals surface area contributed by atoms with Crippen LogP contribution in [0.1, 0.15) is 13.3 Å². The zero-order chi connectivity index (χ0) is 18.1. The number of nitrogens with one attached hydrogen (secondary N) is 1. The van der Waals surface area contributed by atoms with Gasteiger partial charge in [0, 0.05) is 0 Å². The molecule has 0 spiro atoms. The number of ether oxygens (including phenoxy) is 2. The van der Waals surface area contributed by atoms with Crippen LogP contribution in [0, 0.1) is 0 Å². The van der Waals surface area contributed by atoms with Gasteiger partial charge in [0.15, 0.2) is 0 Å². The quantitative estimate of drug-likeness (QED) is 0.372. The lowest BCUT2D eigenvalue weighted by Crippen LogP contribution is -2.47. The predicted molar refractivity (Wildman–Crippen MR) is 92.5 cm³/mol. The Balaban J connectivity index is 4.63. The summed E-state index contributed by atoms with van der Waals surface area (Å²) >= 11 is 32.8. The van der Waals surface area contributed by atoms with Gasteiger partial charge >= 0.3 is 12.2 Å². The Kier molecular flexibility index (Phi) is 10.8. The van der Waals surface area contributed by atoms with Crippen LogP contribution >= 0.6 is 69.6 Å². The molecule has 0 saturated heterocycles. The first-order valence-corrected chi connectivity index (χ1v) is 8.37. The molecule has 0 radical (unpaired) electrons. The first kappa shape index (κ1) is 23.0. The predicted octanol–water partition coefficient (Wildman–Crippen LogP) is 4.77. The van der Waals surface area contributed by atoms with Crippen LogP contribution in [0.5, 0.6) is 0 Å². The third-order valence-corrected chi connectivity index (χ3v) is 2.52. The molecule has 0 heterocycles. The summed E-state index contributed by atoms with van der Waals surface area (Å²) in [4.78, 5) is 23.4. The molecule has 0 aromatic heterocycles. The Hall–Kier alpha value is 0.0200. The molecule has 0 unspecified atom stereocenters. The van der Waals surface area contributed by atoms with Crippen LogP contribution in [-0.2, 0) is 9.47 Å². The molecule has 0 bridgehead atoms. The fourth-order valence-corrected chi connectivity index (χ4v) is 1.35. The number of rotatable bonds is 5. The van der Waals surface area contributed by atoms with E-state index in [9.17, 15) is 9.59 Å². The minimum Gasteiger partial charge on any atom is -0.444 e. The second kappa shape index (κ2) is 10.8. The van der Waals surface area contributed by atoms with Gasteiger partial charge in [-0.2, -0.15) is 0 Å². The van der Waals surface area contributed by atoms with E-state index in [4.69, 9.17) is 74.3 Å². The molecule has 0 aliphatic carbocycles. The summed E-state index contributed by atoms with van der Waals surface area (Å²) in [7, 11) is 0. The Morgan fingerprint density at radius 1 is 1.00 bits per heavy atom. The van der Waals surface area contributed by atoms with Crippen molar-refractivity contribution in [2.24, 2.45) is 0 Å². The molecule has 0 rings (SSSR count). The number of halogens is 6. The average Bonchev–Trinajstić information content (AvgIpc) is 2.40. The van der Waals surface area contributed by atoms with Crippen molar-refractivity contribution < 1.29 is 19.1 Å². The van der Waals surface area contributed by atoms with E-state index in [1.807, 2.05) is 6.92 Å². The van der Waals surface area contributed by atoms with E-state index in [2.05, 4.69) is 10.2 Å². The van der Waals surface area contributed by atoms with E-state index in [0.717, 1.165) is 11.4 Å². The van der Waals surface area contributed by atoms with Crippen molar-refractivity contribution >= 4 is 81.8 Å². The lowest BCUT2D eigenvalue weighted by molar-refractivity contribution is 0.0763. The lowest BCUT2D eigenvalue weighted by Gasteiger charge is -2.22. The van der Waals surface area contributed by atoms with Crippen LogP contribution in [0.15, 0.2) is 12.2 Å². The molecule has 134 valence electrons. The molecule has 0 aromatic carbocycles. The van der Waals surface area contributed by atoms with Crippen LogP contribution < -0.4 is 5.43 Å². The van der Waals surface area contributed by atoms with E-state index < -0.39 is 33.0 Å². The first-order valence-electron chi connectivity index (χ1n) is 6.11. The maximum Gasteiger partial charge on any atom is 0.429 e. The van der Waals surface area contributed by atoms with Gasteiger partial charge in [-0.05, 0) is 6.42 Å². The molecule has 2 amide bonds. The molecule has 0 aliphatic heterocycles. The van der Waals surface area contributed by atoms with Gasteiger partial charge < -0.3 is 9.47 Å². The first-order chi connectivity index (χ1) is 10.4. The van der Waals surface area contributed by atoms with Crippen molar-refractivity contribution in [3.05, 3.63) is 12.2 Å². The van der Waals surface area contributed by atoms with Gasteiger partial charge in [-0.1, -0.05) is 88.7 Å². The third-order valence-electron chi connectivity index (χ3n) is 1.86. The molecule has 0 aliphatic rings. The molecule has 1 N–H and O–H groups in total. The number of carbonyl (C=O) groups excluding carboxylic acids is 2. The second-order valence-electron chi connectivity index (χ2n) is 3.96. The number of allylic oxidation sites excluding steroid dienone is 1. The van der Waals surface area contributed by atoms with Crippen LogP contribution in [0.25, 0.3) is 0 Å². The highest BCUT2D eigenvalue weighted by atomic mass is 35.6. The summed E-state index contributed by atoms with van der Waals surface area (Å²) in [6, 6.07) is 0. The number of hydrazine groups is 1. The van der Waals surface area contributed by atoms with Crippen molar-refractivity contribution in [2.75, 3.05) is 19.8 Å². The van der Waals surface area contributed by atoms with E-state index >= 15 is 0 Å². The van der Waals surface area contributed by atoms with Crippen molar-refractivity contribution in [3.63, 3.8) is 0 Å². The second-order valence-corrected chi connectivity index (χ2v) is 9.00. The van der Waals surface area contributed by atoms with E-state index in [0.29, 0.717) is 0 Å².